The number of anilines is 16. The Bertz CT molecular complexity index is 8040. The normalized spacial score (nSPS) is 14.6. The molecule has 0 fully saturated rings. The Hall–Kier alpha value is -17.7. The summed E-state index contributed by atoms with van der Waals surface area (Å²) in [6.07, 6.45) is 27.2. The molecular weight excluding hydrogens is 1780 g/mol. The van der Waals surface area contributed by atoms with Crippen LogP contribution in [0.2, 0.25) is 0 Å². The van der Waals surface area contributed by atoms with Gasteiger partial charge in [0.15, 0.2) is 23.3 Å². The minimum atomic E-state index is -0.223. The zero-order valence-corrected chi connectivity index (χ0v) is 77.8. The summed E-state index contributed by atoms with van der Waals surface area (Å²) in [6, 6.07) is 23.7. The SMILES string of the molecule is C=C1Cc2ncc(-c3cc4cc(Nc5cc6n(n5)CC(=O)N(C)CC6)ncc4c(N)n3)c(C)c2N1.C=C1Cc2ncc(-c3cc4cc(Nc5cc6n(n5)CC(=O)NCC6)ncc4c(N)n3)c(C)c2N1.C=C1Cc2ncc(-c3cc4cc(Nc5cc6n(n5)Cc5nccn5CC6)ncc4c(N)n3)c(C)c2N1.C=S(C)Nc1cncc(-c2cc3cc(Nc4cc5n(n4)CC(=O)NCC5)ncc3c(N)n2)c1C. The monoisotopic (exact) mass is 1870 g/mol. The fraction of sp³-hybridized carbons (Fsp3) is 0.214. The van der Waals surface area contributed by atoms with E-state index in [9.17, 15) is 14.4 Å². The molecule has 17 aromatic heterocycles. The second-order valence-electron chi connectivity index (χ2n) is 35.2. The number of hydrogen-bond donors (Lipinski definition) is 14. The molecule has 0 bridgehead atoms. The van der Waals surface area contributed by atoms with Gasteiger partial charge in [-0.1, -0.05) is 25.6 Å². The molecule has 0 saturated carbocycles. The lowest BCUT2D eigenvalue weighted by Crippen LogP contribution is -2.29. The van der Waals surface area contributed by atoms with E-state index in [4.69, 9.17) is 28.0 Å². The maximum Gasteiger partial charge on any atom is 0.244 e. The van der Waals surface area contributed by atoms with Gasteiger partial charge in [-0.05, 0) is 126 Å². The Morgan fingerprint density at radius 1 is 0.396 bits per heavy atom. The second-order valence-corrected chi connectivity index (χ2v) is 36.6. The van der Waals surface area contributed by atoms with E-state index in [2.05, 4.69) is 176 Å². The fourth-order valence-corrected chi connectivity index (χ4v) is 18.8. The van der Waals surface area contributed by atoms with E-state index < -0.39 is 0 Å². The number of aryl methyl sites for hydroxylation is 2. The van der Waals surface area contributed by atoms with Crippen LogP contribution in [0.5, 0.6) is 0 Å². The van der Waals surface area contributed by atoms with E-state index in [1.54, 1.807) is 56.1 Å². The van der Waals surface area contributed by atoms with Crippen molar-refractivity contribution in [2.45, 2.75) is 105 Å². The first-order valence-electron chi connectivity index (χ1n) is 45.0. The Morgan fingerprint density at radius 2 is 0.748 bits per heavy atom. The fourth-order valence-electron chi connectivity index (χ4n) is 18.2. The second kappa shape index (κ2) is 36.0. The average molecular weight is 1870 g/mol. The summed E-state index contributed by atoms with van der Waals surface area (Å²) in [6.45, 7) is 24.3. The lowest BCUT2D eigenvalue weighted by molar-refractivity contribution is -0.130. The first-order chi connectivity index (χ1) is 67.2. The van der Waals surface area contributed by atoms with Crippen LogP contribution in [0.15, 0.2) is 178 Å². The number of carbonyl (C=O) groups is 3. The number of rotatable bonds is 14. The molecule has 0 spiro atoms. The van der Waals surface area contributed by atoms with Gasteiger partial charge in [0.2, 0.25) is 17.7 Å². The quantitative estimate of drug-likeness (QED) is 0.0450. The van der Waals surface area contributed by atoms with Crippen molar-refractivity contribution in [3.8, 4) is 45.0 Å². The molecule has 1 atom stereocenters. The maximum atomic E-state index is 12.2. The maximum absolute atomic E-state index is 12.2. The van der Waals surface area contributed by atoms with Gasteiger partial charge < -0.3 is 85.0 Å². The van der Waals surface area contributed by atoms with Gasteiger partial charge in [0.05, 0.1) is 75.3 Å². The predicted octanol–water partition coefficient (Wildman–Crippen LogP) is 12.4. The highest BCUT2D eigenvalue weighted by Crippen LogP contribution is 2.42. The topological polar surface area (TPSA) is 523 Å². The van der Waals surface area contributed by atoms with Crippen molar-refractivity contribution < 1.29 is 14.4 Å². The Kier molecular flexibility index (Phi) is 22.8. The van der Waals surface area contributed by atoms with Crippen LogP contribution in [0.4, 0.5) is 92.6 Å². The molecule has 7 aliphatic heterocycles. The first-order valence-corrected chi connectivity index (χ1v) is 46.8. The van der Waals surface area contributed by atoms with Crippen LogP contribution < -0.4 is 75.5 Å². The van der Waals surface area contributed by atoms with Crippen LogP contribution in [-0.2, 0) is 92.1 Å². The molecule has 0 aliphatic carbocycles. The number of imidazole rings is 1. The lowest BCUT2D eigenvalue weighted by Gasteiger charge is -2.14. The summed E-state index contributed by atoms with van der Waals surface area (Å²) in [5.41, 5.74) is 50.0. The van der Waals surface area contributed by atoms with Crippen LogP contribution in [0.25, 0.3) is 88.1 Å². The minimum absolute atomic E-state index is 0.0383. The number of hydrogen-bond acceptors (Lipinski definition) is 32. The van der Waals surface area contributed by atoms with Crippen LogP contribution >= 0.6 is 10.7 Å². The molecule has 139 heavy (non-hydrogen) atoms. The number of pyridine rings is 12. The number of carbonyl (C=O) groups excluding carboxylic acids is 3. The van der Waals surface area contributed by atoms with Gasteiger partial charge in [-0.15, -0.1) is 10.7 Å². The summed E-state index contributed by atoms with van der Waals surface area (Å²) < 4.78 is 12.7. The lowest BCUT2D eigenvalue weighted by atomic mass is 10.0. The Labute approximate surface area is 797 Å². The molecule has 0 saturated heterocycles. The number of nitrogens with one attached hydrogen (secondary N) is 10. The highest BCUT2D eigenvalue weighted by molar-refractivity contribution is 8.14. The van der Waals surface area contributed by atoms with Crippen LogP contribution in [0.1, 0.15) is 67.9 Å². The van der Waals surface area contributed by atoms with Gasteiger partial charge in [-0.2, -0.15) is 20.4 Å². The summed E-state index contributed by atoms with van der Waals surface area (Å²) in [4.78, 5) is 96.8. The van der Waals surface area contributed by atoms with Gasteiger partial charge >= 0.3 is 0 Å². The Balaban J connectivity index is 0.000000110. The number of nitrogens with two attached hydrogens (primary N) is 4. The molecule has 7 aliphatic rings. The van der Waals surface area contributed by atoms with Crippen LogP contribution in [-0.4, -0.2) is 170 Å². The number of nitrogens with zero attached hydrogens (tertiary/aromatic N) is 23. The Morgan fingerprint density at radius 3 is 1.13 bits per heavy atom. The molecule has 0 aromatic carbocycles. The van der Waals surface area contributed by atoms with E-state index in [0.29, 0.717) is 90.2 Å². The third-order valence-electron chi connectivity index (χ3n) is 25.5. The van der Waals surface area contributed by atoms with Crippen molar-refractivity contribution >= 4 is 170 Å². The molecule has 698 valence electrons. The first kappa shape index (κ1) is 88.0. The van der Waals surface area contributed by atoms with Crippen LogP contribution in [0.3, 0.4) is 0 Å². The van der Waals surface area contributed by atoms with E-state index in [1.807, 2.05) is 136 Å². The number of fused-ring (bicyclic) bond motifs is 12. The number of aromatic nitrogens is 22. The largest absolute Gasteiger partial charge is 0.383 e. The zero-order chi connectivity index (χ0) is 95.9. The number of amides is 3. The molecule has 18 N–H and O–H groups in total. The molecule has 24 rings (SSSR count). The predicted molar refractivity (Wildman–Crippen MR) is 543 cm³/mol. The van der Waals surface area contributed by atoms with E-state index >= 15 is 0 Å². The van der Waals surface area contributed by atoms with E-state index in [0.717, 1.165) is 253 Å². The zero-order valence-electron chi connectivity index (χ0n) is 76.9. The molecule has 24 heterocycles. The van der Waals surface area contributed by atoms with Crippen molar-refractivity contribution in [3.63, 3.8) is 0 Å². The van der Waals surface area contributed by atoms with Crippen molar-refractivity contribution in [2.24, 2.45) is 0 Å². The van der Waals surface area contributed by atoms with Gasteiger partial charge in [-0.25, -0.2) is 44.9 Å². The van der Waals surface area contributed by atoms with Gasteiger partial charge in [0.1, 0.15) is 72.0 Å². The van der Waals surface area contributed by atoms with E-state index in [1.165, 1.54) is 0 Å². The number of likely N-dealkylation sites (N-methyl/N-ethyl adjacent to an activating group) is 1. The van der Waals surface area contributed by atoms with Gasteiger partial charge in [0, 0.05) is 248 Å². The van der Waals surface area contributed by atoms with Crippen molar-refractivity contribution in [2.75, 3.05) is 97.8 Å². The molecule has 17 aromatic rings. The highest BCUT2D eigenvalue weighted by atomic mass is 32.2. The smallest absolute Gasteiger partial charge is 0.244 e. The van der Waals surface area contributed by atoms with Gasteiger partial charge in [-0.3, -0.25) is 53.0 Å². The highest BCUT2D eigenvalue weighted by Gasteiger charge is 2.29. The summed E-state index contributed by atoms with van der Waals surface area (Å²) in [7, 11) is 1.59. The molecule has 0 radical (unpaired) electrons. The molecular formula is C98H97N37O3S. The molecule has 3 amide bonds. The van der Waals surface area contributed by atoms with Crippen LogP contribution in [0, 0.1) is 27.7 Å². The summed E-state index contributed by atoms with van der Waals surface area (Å²) in [5.74, 6) is 11.9. The van der Waals surface area contributed by atoms with Gasteiger partial charge in [0.25, 0.3) is 0 Å². The van der Waals surface area contributed by atoms with Crippen molar-refractivity contribution in [3.05, 3.63) is 246 Å². The van der Waals surface area contributed by atoms with Crippen molar-refractivity contribution in [1.29, 1.82) is 0 Å². The number of allylic oxidation sites excluding steroid dienone is 3. The molecule has 41 heteroatoms. The minimum Gasteiger partial charge on any atom is -0.383 e. The summed E-state index contributed by atoms with van der Waals surface area (Å²) >= 11 is 0. The third-order valence-corrected chi connectivity index (χ3v) is 26.0. The molecule has 1 unspecified atom stereocenters. The third kappa shape index (κ3) is 17.8. The number of nitrogen functional groups attached to an aromatic ring is 4. The average Bonchev–Trinajstić information content (AvgIpc) is 1.40. The van der Waals surface area contributed by atoms with Crippen molar-refractivity contribution in [1.82, 2.24) is 124 Å². The standard InChI is InChI=1S/C26H24N10.C25H25N9O.C24H23N9O.C23H25N9OS/c1-14-7-21-25(31-14)15(2)18(11-29-21)20-8-16-9-22(30-12-19(16)26(27)32-20)33-23-10-17-3-5-35-6-4-28-24(35)13-36(17)34-23;1-13-6-20-24(29-13)14(2)17(10-27-20)19-7-15-8-21(28-11-18(15)25(26)30-19)31-22-9-16-4-5-33(3)23(35)12-34(16)32-22;1-12-5-19-23(29-12)13(2)16(9-27-19)18-6-14-7-20(28-10-17(14)24(25)30-18)31-21-8-15-3-4-26-22(34)11-33(15)32-21;1-13-16(9-25-11-19(13)31-34(2)3)18-6-14-7-20(27-10-17(14)23(24)28-18)29-21-8-15-4-5-26-22(33)12-32(15)30-21/h4,6,8-12,31H,1,3,5,7,13H2,2H3,(H2,27,32)(H,30,33,34);7-11,29H,1,4-6,12H2,2-3H3,(H2,26,30)(H,28,31,32);6-10,29H,1,3-5,11H2,2H3,(H2,25,30)(H,26,34)(H,28,31,32);6-11,31H,2,4-5,12H2,1,3H3,(H2,24,28)(H,26,33)(H,27,29,30). The van der Waals surface area contributed by atoms with E-state index in [-0.39, 0.29) is 48.0 Å². The summed E-state index contributed by atoms with van der Waals surface area (Å²) in [5, 5.41) is 53.9. The molecule has 40 nitrogen and oxygen atoms in total.